The third-order valence-corrected chi connectivity index (χ3v) is 5.31. The van der Waals surface area contributed by atoms with Crippen molar-refractivity contribution in [2.45, 2.75) is 19.8 Å². The molecule has 0 aliphatic heterocycles. The van der Waals surface area contributed by atoms with E-state index in [1.165, 1.54) is 5.56 Å². The van der Waals surface area contributed by atoms with Crippen LogP contribution in [0.1, 0.15) is 35.7 Å². The largest absolute Gasteiger partial charge is 0.322 e. The van der Waals surface area contributed by atoms with Gasteiger partial charge in [-0.2, -0.15) is 0 Å². The molecule has 5 heteroatoms. The molecular formula is C21H18BrClN2O. The van der Waals surface area contributed by atoms with Gasteiger partial charge < -0.3 is 5.32 Å². The van der Waals surface area contributed by atoms with Gasteiger partial charge in [0, 0.05) is 21.9 Å². The molecule has 3 rings (SSSR count). The van der Waals surface area contributed by atoms with Crippen LogP contribution in [0.5, 0.6) is 0 Å². The minimum Gasteiger partial charge on any atom is -0.322 e. The van der Waals surface area contributed by atoms with Crippen LogP contribution in [-0.2, 0) is 0 Å². The molecule has 0 bridgehead atoms. The van der Waals surface area contributed by atoms with Crippen LogP contribution in [0.15, 0.2) is 65.3 Å². The van der Waals surface area contributed by atoms with E-state index in [2.05, 4.69) is 64.3 Å². The van der Waals surface area contributed by atoms with Gasteiger partial charge in [-0.15, -0.1) is 0 Å². The number of amides is 1. The Morgan fingerprint density at radius 3 is 2.38 bits per heavy atom. The number of rotatable bonds is 4. The van der Waals surface area contributed by atoms with Crippen molar-refractivity contribution in [3.8, 4) is 11.3 Å². The highest BCUT2D eigenvalue weighted by Gasteiger charge is 2.09. The summed E-state index contributed by atoms with van der Waals surface area (Å²) in [5.41, 5.74) is 4.28. The van der Waals surface area contributed by atoms with Gasteiger partial charge >= 0.3 is 0 Å². The van der Waals surface area contributed by atoms with Gasteiger partial charge in [-0.25, -0.2) is 0 Å². The summed E-state index contributed by atoms with van der Waals surface area (Å²) in [5.74, 6) is 0.271. The predicted molar refractivity (Wildman–Crippen MR) is 111 cm³/mol. The van der Waals surface area contributed by atoms with Crippen LogP contribution in [0.25, 0.3) is 11.3 Å². The zero-order valence-corrected chi connectivity index (χ0v) is 16.8. The Kier molecular flexibility index (Phi) is 5.74. The number of benzene rings is 2. The minimum atomic E-state index is -0.224. The summed E-state index contributed by atoms with van der Waals surface area (Å²) in [4.78, 5) is 16.8. The SMILES string of the molecule is CC(C)c1ccc(-c2ccc(C(=O)Nc3ccc(Br)c(Cl)c3)cn2)cc1. The first-order valence-corrected chi connectivity index (χ1v) is 9.44. The van der Waals surface area contributed by atoms with Crippen molar-refractivity contribution >= 4 is 39.1 Å². The van der Waals surface area contributed by atoms with E-state index < -0.39 is 0 Å². The maximum Gasteiger partial charge on any atom is 0.257 e. The van der Waals surface area contributed by atoms with Gasteiger partial charge in [-0.3, -0.25) is 9.78 Å². The van der Waals surface area contributed by atoms with Gasteiger partial charge in [0.15, 0.2) is 0 Å². The van der Waals surface area contributed by atoms with Crippen molar-refractivity contribution in [3.05, 3.63) is 81.4 Å². The van der Waals surface area contributed by atoms with Gasteiger partial charge in [0.2, 0.25) is 0 Å². The van der Waals surface area contributed by atoms with Gasteiger partial charge in [0.05, 0.1) is 16.3 Å². The number of anilines is 1. The Morgan fingerprint density at radius 1 is 1.08 bits per heavy atom. The summed E-state index contributed by atoms with van der Waals surface area (Å²) in [6.45, 7) is 4.33. The molecule has 0 spiro atoms. The summed E-state index contributed by atoms with van der Waals surface area (Å²) in [6, 6.07) is 17.2. The molecule has 0 aliphatic carbocycles. The van der Waals surface area contributed by atoms with Crippen molar-refractivity contribution in [2.24, 2.45) is 0 Å². The first kappa shape index (κ1) is 18.6. The molecule has 3 nitrogen and oxygen atoms in total. The van der Waals surface area contributed by atoms with Crippen LogP contribution in [-0.4, -0.2) is 10.9 Å². The van der Waals surface area contributed by atoms with Gasteiger partial charge in [0.25, 0.3) is 5.91 Å². The van der Waals surface area contributed by atoms with E-state index in [4.69, 9.17) is 11.6 Å². The fourth-order valence-corrected chi connectivity index (χ4v) is 2.94. The normalized spacial score (nSPS) is 10.8. The number of nitrogens with zero attached hydrogens (tertiary/aromatic N) is 1. The molecule has 26 heavy (non-hydrogen) atoms. The smallest absolute Gasteiger partial charge is 0.257 e. The number of nitrogens with one attached hydrogen (secondary N) is 1. The standard InChI is InChI=1S/C21H18BrClN2O/c1-13(2)14-3-5-15(6-4-14)20-10-7-16(12-24-20)21(26)25-17-8-9-18(22)19(23)11-17/h3-13H,1-2H3,(H,25,26). The molecule has 0 radical (unpaired) electrons. The molecule has 0 aliphatic rings. The maximum absolute atomic E-state index is 12.4. The molecule has 0 fully saturated rings. The first-order chi connectivity index (χ1) is 12.4. The maximum atomic E-state index is 12.4. The second kappa shape index (κ2) is 8.02. The lowest BCUT2D eigenvalue weighted by atomic mass is 10.0. The zero-order chi connectivity index (χ0) is 18.7. The molecular weight excluding hydrogens is 412 g/mol. The number of hydrogen-bond acceptors (Lipinski definition) is 2. The van der Waals surface area contributed by atoms with Gasteiger partial charge in [0.1, 0.15) is 0 Å². The van der Waals surface area contributed by atoms with Crippen LogP contribution in [0.2, 0.25) is 5.02 Å². The molecule has 132 valence electrons. The summed E-state index contributed by atoms with van der Waals surface area (Å²) in [5, 5.41) is 3.36. The Morgan fingerprint density at radius 2 is 1.81 bits per heavy atom. The van der Waals surface area contributed by atoms with Crippen LogP contribution in [0.3, 0.4) is 0 Å². The fraction of sp³-hybridized carbons (Fsp3) is 0.143. The molecule has 0 saturated heterocycles. The Labute approximate surface area is 166 Å². The van der Waals surface area contributed by atoms with Crippen LogP contribution < -0.4 is 5.32 Å². The van der Waals surface area contributed by atoms with E-state index in [1.807, 2.05) is 6.07 Å². The van der Waals surface area contributed by atoms with Crippen LogP contribution >= 0.6 is 27.5 Å². The quantitative estimate of drug-likeness (QED) is 0.511. The Bertz CT molecular complexity index is 922. The zero-order valence-electron chi connectivity index (χ0n) is 14.5. The average molecular weight is 430 g/mol. The molecule has 1 amide bonds. The van der Waals surface area contributed by atoms with E-state index in [1.54, 1.807) is 30.5 Å². The second-order valence-corrected chi connectivity index (χ2v) is 7.55. The minimum absolute atomic E-state index is 0.224. The first-order valence-electron chi connectivity index (χ1n) is 8.27. The topological polar surface area (TPSA) is 42.0 Å². The monoisotopic (exact) mass is 428 g/mol. The molecule has 1 N–H and O–H groups in total. The van der Waals surface area contributed by atoms with Gasteiger partial charge in [-0.1, -0.05) is 49.7 Å². The lowest BCUT2D eigenvalue weighted by molar-refractivity contribution is 0.102. The van der Waals surface area contributed by atoms with E-state index in [0.29, 0.717) is 22.2 Å². The highest BCUT2D eigenvalue weighted by molar-refractivity contribution is 9.10. The highest BCUT2D eigenvalue weighted by atomic mass is 79.9. The Hall–Kier alpha value is -2.17. The van der Waals surface area contributed by atoms with Crippen molar-refractivity contribution < 1.29 is 4.79 Å². The predicted octanol–water partition coefficient (Wildman–Crippen LogP) is 6.54. The van der Waals surface area contributed by atoms with Crippen molar-refractivity contribution in [1.29, 1.82) is 0 Å². The van der Waals surface area contributed by atoms with Crippen molar-refractivity contribution in [1.82, 2.24) is 4.98 Å². The fourth-order valence-electron chi connectivity index (χ4n) is 2.51. The molecule has 0 saturated carbocycles. The second-order valence-electron chi connectivity index (χ2n) is 6.29. The van der Waals surface area contributed by atoms with Crippen molar-refractivity contribution in [2.75, 3.05) is 5.32 Å². The highest BCUT2D eigenvalue weighted by Crippen LogP contribution is 2.26. The average Bonchev–Trinajstić information content (AvgIpc) is 2.65. The lowest BCUT2D eigenvalue weighted by Crippen LogP contribution is -2.12. The third kappa shape index (κ3) is 4.32. The van der Waals surface area contributed by atoms with E-state index in [0.717, 1.165) is 15.7 Å². The molecule has 0 unspecified atom stereocenters. The third-order valence-electron chi connectivity index (χ3n) is 4.08. The summed E-state index contributed by atoms with van der Waals surface area (Å²) >= 11 is 9.38. The summed E-state index contributed by atoms with van der Waals surface area (Å²) in [6.07, 6.45) is 1.58. The summed E-state index contributed by atoms with van der Waals surface area (Å²) in [7, 11) is 0. The number of aromatic nitrogens is 1. The van der Waals surface area contributed by atoms with Crippen LogP contribution in [0, 0.1) is 0 Å². The van der Waals surface area contributed by atoms with E-state index in [-0.39, 0.29) is 5.91 Å². The summed E-state index contributed by atoms with van der Waals surface area (Å²) < 4.78 is 0.784. The van der Waals surface area contributed by atoms with E-state index >= 15 is 0 Å². The number of carbonyl (C=O) groups excluding carboxylic acids is 1. The number of halogens is 2. The number of carbonyl (C=O) groups is 1. The number of hydrogen-bond donors (Lipinski definition) is 1. The molecule has 0 atom stereocenters. The van der Waals surface area contributed by atoms with Crippen molar-refractivity contribution in [3.63, 3.8) is 0 Å². The number of pyridine rings is 1. The van der Waals surface area contributed by atoms with Crippen LogP contribution in [0.4, 0.5) is 5.69 Å². The molecule has 1 aromatic heterocycles. The Balaban J connectivity index is 1.74. The van der Waals surface area contributed by atoms with Gasteiger partial charge in [-0.05, 0) is 57.7 Å². The molecule has 1 heterocycles. The molecule has 3 aromatic rings. The van der Waals surface area contributed by atoms with E-state index in [9.17, 15) is 4.79 Å². The molecule has 2 aromatic carbocycles. The lowest BCUT2D eigenvalue weighted by Gasteiger charge is -2.08.